The van der Waals surface area contributed by atoms with Gasteiger partial charge >= 0.3 is 0 Å². The SMILES string of the molecule is [C-]#[N+]c1cc(C#N)nc(-c2ccc(-c3[c-]cc(-c4ccccc4-c4cc(C)cc(C)c4)c(Br)c3)nc2)n1.[Ir]. The molecule has 0 spiro atoms. The summed E-state index contributed by atoms with van der Waals surface area (Å²) >= 11 is 3.77. The van der Waals surface area contributed by atoms with Gasteiger partial charge in [0.2, 0.25) is 0 Å². The molecule has 0 bridgehead atoms. The molecular weight excluding hydrogens is 714 g/mol. The van der Waals surface area contributed by atoms with Gasteiger partial charge in [-0.1, -0.05) is 109 Å². The van der Waals surface area contributed by atoms with Crippen molar-refractivity contribution in [3.63, 3.8) is 0 Å². The summed E-state index contributed by atoms with van der Waals surface area (Å²) in [6, 6.07) is 29.4. The molecule has 0 saturated heterocycles. The van der Waals surface area contributed by atoms with Crippen LogP contribution < -0.4 is 0 Å². The largest absolute Gasteiger partial charge is 0.360 e. The van der Waals surface area contributed by atoms with Gasteiger partial charge in [0.15, 0.2) is 0 Å². The third kappa shape index (κ3) is 5.62. The summed E-state index contributed by atoms with van der Waals surface area (Å²) in [6.07, 6.45) is 1.64. The molecule has 0 atom stereocenters. The first-order valence-corrected chi connectivity index (χ1v) is 12.3. The fraction of sp³-hybridized carbons (Fsp3) is 0.0645. The Morgan fingerprint density at radius 1 is 0.895 bits per heavy atom. The molecule has 0 aliphatic heterocycles. The van der Waals surface area contributed by atoms with Crippen LogP contribution in [0.4, 0.5) is 5.82 Å². The average Bonchev–Trinajstić information content (AvgIpc) is 2.92. The van der Waals surface area contributed by atoms with Crippen LogP contribution >= 0.6 is 15.9 Å². The minimum absolute atomic E-state index is 0. The molecule has 3 aromatic carbocycles. The third-order valence-electron chi connectivity index (χ3n) is 5.89. The van der Waals surface area contributed by atoms with Crippen molar-refractivity contribution in [2.45, 2.75) is 13.8 Å². The number of hydrogen-bond acceptors (Lipinski definition) is 4. The molecule has 5 nitrogen and oxygen atoms in total. The average molecular weight is 734 g/mol. The molecule has 2 aromatic heterocycles. The molecule has 7 heteroatoms. The van der Waals surface area contributed by atoms with Gasteiger partial charge in [-0.05, 0) is 30.7 Å². The van der Waals surface area contributed by atoms with Crippen molar-refractivity contribution in [3.05, 3.63) is 118 Å². The minimum Gasteiger partial charge on any atom is -0.360 e. The molecule has 0 saturated carbocycles. The van der Waals surface area contributed by atoms with Crippen LogP contribution in [0.2, 0.25) is 0 Å². The second-order valence-corrected chi connectivity index (χ2v) is 9.48. The van der Waals surface area contributed by atoms with Gasteiger partial charge in [-0.25, -0.2) is 0 Å². The van der Waals surface area contributed by atoms with Gasteiger partial charge in [0.05, 0.1) is 5.56 Å². The Kier molecular flexibility index (Phi) is 8.25. The van der Waals surface area contributed by atoms with E-state index in [9.17, 15) is 5.26 Å². The van der Waals surface area contributed by atoms with E-state index in [1.54, 1.807) is 6.20 Å². The Hall–Kier alpha value is -4.00. The van der Waals surface area contributed by atoms with Gasteiger partial charge in [0, 0.05) is 32.4 Å². The van der Waals surface area contributed by atoms with Crippen LogP contribution in [0.15, 0.2) is 83.5 Å². The van der Waals surface area contributed by atoms with Crippen molar-refractivity contribution in [3.8, 4) is 51.0 Å². The van der Waals surface area contributed by atoms with Gasteiger partial charge < -0.3 is 9.83 Å². The van der Waals surface area contributed by atoms with Crippen molar-refractivity contribution in [2.24, 2.45) is 0 Å². The molecule has 185 valence electrons. The number of rotatable bonds is 4. The van der Waals surface area contributed by atoms with Crippen LogP contribution in [0.5, 0.6) is 0 Å². The van der Waals surface area contributed by atoms with E-state index in [1.165, 1.54) is 22.8 Å². The standard InChI is InChI=1S/C31H19BrN5.Ir/c1-19-12-20(2)14-23(13-19)25-6-4-5-7-26(25)27-10-8-21(15-28(27)32)29-11-9-22(18-35-29)31-36-24(17-33)16-30(34-3)37-31;/h4-7,9-16,18H,1-2H3;/q-1;. The van der Waals surface area contributed by atoms with E-state index in [2.05, 4.69) is 92.0 Å². The van der Waals surface area contributed by atoms with Gasteiger partial charge in [-0.2, -0.15) is 10.2 Å². The number of nitriles is 1. The smallest absolute Gasteiger partial charge is 0.274 e. The van der Waals surface area contributed by atoms with Crippen LogP contribution in [-0.2, 0) is 20.1 Å². The molecule has 0 N–H and O–H groups in total. The van der Waals surface area contributed by atoms with Gasteiger partial charge in [-0.15, -0.1) is 23.8 Å². The first-order valence-electron chi connectivity index (χ1n) is 11.5. The number of aryl methyl sites for hydroxylation is 2. The van der Waals surface area contributed by atoms with E-state index < -0.39 is 0 Å². The van der Waals surface area contributed by atoms with Gasteiger partial charge in [0.1, 0.15) is 11.8 Å². The van der Waals surface area contributed by atoms with Crippen LogP contribution in [0.25, 0.3) is 49.7 Å². The van der Waals surface area contributed by atoms with Crippen molar-refractivity contribution < 1.29 is 20.1 Å². The Morgan fingerprint density at radius 2 is 1.63 bits per heavy atom. The van der Waals surface area contributed by atoms with E-state index in [0.717, 1.165) is 32.4 Å². The minimum atomic E-state index is 0. The number of hydrogen-bond donors (Lipinski definition) is 0. The summed E-state index contributed by atoms with van der Waals surface area (Å²) in [5.41, 5.74) is 9.32. The molecule has 5 aromatic rings. The van der Waals surface area contributed by atoms with Crippen molar-refractivity contribution in [1.82, 2.24) is 15.0 Å². The number of pyridine rings is 1. The van der Waals surface area contributed by atoms with Crippen molar-refractivity contribution >= 4 is 21.7 Å². The predicted molar refractivity (Wildman–Crippen MR) is 149 cm³/mol. The topological polar surface area (TPSA) is 66.8 Å². The first-order chi connectivity index (χ1) is 17.9. The summed E-state index contributed by atoms with van der Waals surface area (Å²) < 4.78 is 0.940. The van der Waals surface area contributed by atoms with E-state index in [-0.39, 0.29) is 31.6 Å². The van der Waals surface area contributed by atoms with E-state index in [1.807, 2.05) is 36.4 Å². The van der Waals surface area contributed by atoms with E-state index >= 15 is 0 Å². The van der Waals surface area contributed by atoms with Gasteiger partial charge in [0.25, 0.3) is 11.6 Å². The predicted octanol–water partition coefficient (Wildman–Crippen LogP) is 8.14. The maximum absolute atomic E-state index is 9.19. The third-order valence-corrected chi connectivity index (χ3v) is 6.55. The summed E-state index contributed by atoms with van der Waals surface area (Å²) in [5, 5.41) is 9.19. The molecule has 2 heterocycles. The van der Waals surface area contributed by atoms with Gasteiger partial charge in [-0.3, -0.25) is 0 Å². The maximum atomic E-state index is 9.19. The van der Waals surface area contributed by atoms with Crippen LogP contribution in [0.1, 0.15) is 16.8 Å². The molecular formula is C31H19BrIrN5-. The second-order valence-electron chi connectivity index (χ2n) is 8.62. The molecule has 0 amide bonds. The molecule has 0 aliphatic carbocycles. The summed E-state index contributed by atoms with van der Waals surface area (Å²) in [4.78, 5) is 16.3. The normalized spacial score (nSPS) is 10.2. The molecule has 5 rings (SSSR count). The van der Waals surface area contributed by atoms with Crippen molar-refractivity contribution in [1.29, 1.82) is 5.26 Å². The molecule has 0 unspecified atom stereocenters. The Balaban J connectivity index is 0.00000336. The Labute approximate surface area is 243 Å². The molecule has 0 fully saturated rings. The van der Waals surface area contributed by atoms with Crippen LogP contribution in [0, 0.1) is 37.8 Å². The fourth-order valence-electron chi connectivity index (χ4n) is 4.28. The summed E-state index contributed by atoms with van der Waals surface area (Å²) in [6.45, 7) is 11.4. The quantitative estimate of drug-likeness (QED) is 0.175. The molecule has 1 radical (unpaired) electrons. The van der Waals surface area contributed by atoms with E-state index in [0.29, 0.717) is 11.4 Å². The molecule has 38 heavy (non-hydrogen) atoms. The maximum Gasteiger partial charge on any atom is 0.274 e. The van der Waals surface area contributed by atoms with Crippen LogP contribution in [0.3, 0.4) is 0 Å². The zero-order valence-electron chi connectivity index (χ0n) is 20.5. The summed E-state index contributed by atoms with van der Waals surface area (Å²) in [7, 11) is 0. The first kappa shape index (κ1) is 27.0. The van der Waals surface area contributed by atoms with Crippen molar-refractivity contribution in [2.75, 3.05) is 0 Å². The number of aromatic nitrogens is 3. The van der Waals surface area contributed by atoms with E-state index in [4.69, 9.17) is 6.57 Å². The fourth-order valence-corrected chi connectivity index (χ4v) is 4.84. The van der Waals surface area contributed by atoms with Crippen LogP contribution in [-0.4, -0.2) is 15.0 Å². The Morgan fingerprint density at radius 3 is 2.26 bits per heavy atom. The zero-order valence-corrected chi connectivity index (χ0v) is 24.4. The second kappa shape index (κ2) is 11.6. The molecule has 0 aliphatic rings. The Bertz CT molecular complexity index is 1680. The number of nitrogens with zero attached hydrogens (tertiary/aromatic N) is 5. The zero-order chi connectivity index (χ0) is 25.9. The summed E-state index contributed by atoms with van der Waals surface area (Å²) in [5.74, 6) is 0.423. The number of halogens is 1. The number of benzene rings is 3. The monoisotopic (exact) mass is 733 g/mol.